The second-order valence-corrected chi connectivity index (χ2v) is 1.99. The molecule has 4 nitrogen and oxygen atoms in total. The van der Waals surface area contributed by atoms with Crippen LogP contribution < -0.4 is 17.2 Å². The van der Waals surface area contributed by atoms with Crippen LogP contribution in [0.1, 0.15) is 0 Å². The summed E-state index contributed by atoms with van der Waals surface area (Å²) in [4.78, 5) is 0. The highest BCUT2D eigenvalue weighted by atomic mass is 35.5. The van der Waals surface area contributed by atoms with Gasteiger partial charge in [-0.2, -0.15) is 0 Å². The summed E-state index contributed by atoms with van der Waals surface area (Å²) in [5, 5.41) is 0.0743. The molecule has 6 N–H and O–H groups in total. The molecule has 0 aliphatic carbocycles. The van der Waals surface area contributed by atoms with Crippen LogP contribution in [0, 0.1) is 0 Å². The van der Waals surface area contributed by atoms with Crippen LogP contribution in [0.5, 0.6) is 0 Å². The van der Waals surface area contributed by atoms with Crippen molar-refractivity contribution in [3.8, 4) is 0 Å². The van der Waals surface area contributed by atoms with Crippen molar-refractivity contribution >= 4 is 11.6 Å². The van der Waals surface area contributed by atoms with Crippen molar-refractivity contribution in [2.24, 2.45) is 17.2 Å². The van der Waals surface area contributed by atoms with Gasteiger partial charge >= 0.3 is 0 Å². The number of hydrogen-bond donors (Lipinski definition) is 3. The Morgan fingerprint density at radius 1 is 1.40 bits per heavy atom. The van der Waals surface area contributed by atoms with Crippen molar-refractivity contribution in [3.05, 3.63) is 22.8 Å². The van der Waals surface area contributed by atoms with E-state index in [2.05, 4.69) is 0 Å². The van der Waals surface area contributed by atoms with Crippen LogP contribution in [0.4, 0.5) is 0 Å². The molecule has 58 valence electrons. The third-order valence-electron chi connectivity index (χ3n) is 0.773. The minimum Gasteiger partial charge on any atom is -0.493 e. The normalized spacial score (nSPS) is 10.8. The number of methoxy groups -OCH3 is 1. The monoisotopic (exact) mass is 163 g/mol. The van der Waals surface area contributed by atoms with Gasteiger partial charge in [0.25, 0.3) is 0 Å². The van der Waals surface area contributed by atoms with Gasteiger partial charge in [-0.3, -0.25) is 0 Å². The average molecular weight is 164 g/mol. The molecule has 0 aliphatic rings. The molecule has 10 heavy (non-hydrogen) atoms. The zero-order valence-corrected chi connectivity index (χ0v) is 6.35. The lowest BCUT2D eigenvalue weighted by molar-refractivity contribution is 0.301. The van der Waals surface area contributed by atoms with Crippen LogP contribution in [-0.2, 0) is 4.74 Å². The lowest BCUT2D eigenvalue weighted by Gasteiger charge is -2.01. The first-order chi connectivity index (χ1) is 4.57. The number of hydrogen-bond acceptors (Lipinski definition) is 4. The van der Waals surface area contributed by atoms with E-state index in [1.54, 1.807) is 0 Å². The number of rotatable bonds is 2. The second-order valence-electron chi connectivity index (χ2n) is 1.55. The van der Waals surface area contributed by atoms with E-state index in [9.17, 15) is 0 Å². The van der Waals surface area contributed by atoms with Crippen LogP contribution in [0.15, 0.2) is 22.8 Å². The summed E-state index contributed by atoms with van der Waals surface area (Å²) in [7, 11) is 1.42. The summed E-state index contributed by atoms with van der Waals surface area (Å²) in [6.07, 6.45) is 1.33. The third-order valence-corrected chi connectivity index (χ3v) is 0.883. The van der Waals surface area contributed by atoms with Crippen molar-refractivity contribution in [3.63, 3.8) is 0 Å². The molecule has 0 atom stereocenters. The van der Waals surface area contributed by atoms with Gasteiger partial charge in [-0.05, 0) is 0 Å². The van der Waals surface area contributed by atoms with Crippen molar-refractivity contribution in [2.75, 3.05) is 7.11 Å². The fraction of sp³-hybridized carbons (Fsp3) is 0.200. The zero-order valence-electron chi connectivity index (χ0n) is 5.60. The fourth-order valence-electron chi connectivity index (χ4n) is 0.385. The van der Waals surface area contributed by atoms with Gasteiger partial charge in [0.05, 0.1) is 7.11 Å². The van der Waals surface area contributed by atoms with Crippen LogP contribution in [-0.4, -0.2) is 7.11 Å². The first-order valence-electron chi connectivity index (χ1n) is 2.49. The molecule has 0 radical (unpaired) electrons. The molecule has 0 aromatic carbocycles. The highest BCUT2D eigenvalue weighted by Gasteiger charge is 1.95. The molecule has 0 rings (SSSR count). The molecule has 5 heteroatoms. The summed E-state index contributed by atoms with van der Waals surface area (Å²) >= 11 is 5.31. The molecular formula is C5H10ClN3O. The minimum atomic E-state index is 0.0473. The zero-order chi connectivity index (χ0) is 8.15. The van der Waals surface area contributed by atoms with Crippen molar-refractivity contribution in [2.45, 2.75) is 0 Å². The Labute approximate surface area is 64.3 Å². The van der Waals surface area contributed by atoms with Crippen molar-refractivity contribution in [1.82, 2.24) is 0 Å². The molecule has 0 aliphatic heterocycles. The SMILES string of the molecule is COC(/C=C(\N)Cl)=C(N)N. The smallest absolute Gasteiger partial charge is 0.161 e. The summed E-state index contributed by atoms with van der Waals surface area (Å²) < 4.78 is 4.71. The molecular weight excluding hydrogens is 154 g/mol. The number of nitrogens with two attached hydrogens (primary N) is 3. The van der Waals surface area contributed by atoms with Crippen LogP contribution in [0.3, 0.4) is 0 Å². The van der Waals surface area contributed by atoms with Crippen molar-refractivity contribution < 1.29 is 4.74 Å². The average Bonchev–Trinajstić information content (AvgIpc) is 1.81. The lowest BCUT2D eigenvalue weighted by atomic mass is 10.4. The van der Waals surface area contributed by atoms with E-state index >= 15 is 0 Å². The lowest BCUT2D eigenvalue weighted by Crippen LogP contribution is -2.12. The number of halogens is 1. The second kappa shape index (κ2) is 3.90. The summed E-state index contributed by atoms with van der Waals surface area (Å²) in [6, 6.07) is 0. The van der Waals surface area contributed by atoms with Gasteiger partial charge in [-0.25, -0.2) is 0 Å². The van der Waals surface area contributed by atoms with E-state index in [-0.39, 0.29) is 16.7 Å². The van der Waals surface area contributed by atoms with Gasteiger partial charge < -0.3 is 21.9 Å². The molecule has 0 saturated carbocycles. The van der Waals surface area contributed by atoms with Gasteiger partial charge in [0.2, 0.25) is 0 Å². The highest BCUT2D eigenvalue weighted by Crippen LogP contribution is 2.02. The van der Waals surface area contributed by atoms with Gasteiger partial charge in [-0.15, -0.1) is 0 Å². The predicted molar refractivity (Wildman–Crippen MR) is 40.5 cm³/mol. The number of allylic oxidation sites excluding steroid dienone is 1. The Kier molecular flexibility index (Phi) is 3.49. The Bertz CT molecular complexity index is 168. The van der Waals surface area contributed by atoms with E-state index in [4.69, 9.17) is 33.5 Å². The topological polar surface area (TPSA) is 87.3 Å². The van der Waals surface area contributed by atoms with Gasteiger partial charge in [0.1, 0.15) is 11.0 Å². The molecule has 0 amide bonds. The Balaban J connectivity index is 4.40. The third kappa shape index (κ3) is 3.09. The molecule has 0 fully saturated rings. The van der Waals surface area contributed by atoms with Gasteiger partial charge in [0, 0.05) is 6.08 Å². The molecule has 0 spiro atoms. The van der Waals surface area contributed by atoms with E-state index in [0.717, 1.165) is 0 Å². The molecule has 0 saturated heterocycles. The van der Waals surface area contributed by atoms with E-state index in [1.807, 2.05) is 0 Å². The largest absolute Gasteiger partial charge is 0.493 e. The van der Waals surface area contributed by atoms with E-state index in [0.29, 0.717) is 0 Å². The fourth-order valence-corrected chi connectivity index (χ4v) is 0.484. The summed E-state index contributed by atoms with van der Waals surface area (Å²) in [5.41, 5.74) is 15.4. The van der Waals surface area contributed by atoms with E-state index in [1.165, 1.54) is 13.2 Å². The summed E-state index contributed by atoms with van der Waals surface area (Å²) in [6.45, 7) is 0. The highest BCUT2D eigenvalue weighted by molar-refractivity contribution is 6.29. The molecule has 0 aromatic heterocycles. The van der Waals surface area contributed by atoms with Crippen LogP contribution in [0.25, 0.3) is 0 Å². The van der Waals surface area contributed by atoms with Gasteiger partial charge in [0.15, 0.2) is 5.76 Å². The Morgan fingerprint density at radius 2 is 1.90 bits per heavy atom. The molecule has 0 unspecified atom stereocenters. The van der Waals surface area contributed by atoms with E-state index < -0.39 is 0 Å². The number of ether oxygens (including phenoxy) is 1. The minimum absolute atomic E-state index is 0.0473. The quantitative estimate of drug-likeness (QED) is 0.298. The molecule has 0 bridgehead atoms. The Morgan fingerprint density at radius 3 is 2.00 bits per heavy atom. The molecule has 0 heterocycles. The van der Waals surface area contributed by atoms with Crippen LogP contribution in [0.2, 0.25) is 0 Å². The van der Waals surface area contributed by atoms with Crippen molar-refractivity contribution in [1.29, 1.82) is 0 Å². The first-order valence-corrected chi connectivity index (χ1v) is 2.87. The maximum absolute atomic E-state index is 5.31. The van der Waals surface area contributed by atoms with Gasteiger partial charge in [-0.1, -0.05) is 11.6 Å². The summed E-state index contributed by atoms with van der Waals surface area (Å²) in [5.74, 6) is 0.318. The first kappa shape index (κ1) is 8.97. The van der Waals surface area contributed by atoms with Crippen LogP contribution >= 0.6 is 11.6 Å². The predicted octanol–water partition coefficient (Wildman–Crippen LogP) is -0.242. The standard InChI is InChI=1S/C5H10ClN3O/c1-10-3(5(8)9)2-4(6)7/h2H,7-9H2,1H3/b4-2-. The molecule has 0 aromatic rings. The Hall–Kier alpha value is -1.03. The maximum Gasteiger partial charge on any atom is 0.161 e. The maximum atomic E-state index is 5.31.